The van der Waals surface area contributed by atoms with Gasteiger partial charge in [-0.15, -0.1) is 0 Å². The van der Waals surface area contributed by atoms with Crippen molar-refractivity contribution in [3.05, 3.63) is 58.4 Å². The number of esters is 2. The third-order valence-corrected chi connectivity index (χ3v) is 8.60. The van der Waals surface area contributed by atoms with Crippen molar-refractivity contribution in [1.82, 2.24) is 8.87 Å². The molecule has 0 fully saturated rings. The first kappa shape index (κ1) is 30.1. The molecule has 12 nitrogen and oxygen atoms in total. The molecule has 0 N–H and O–H groups in total. The van der Waals surface area contributed by atoms with Crippen LogP contribution in [-0.2, 0) is 40.3 Å². The molecule has 1 amide bonds. The molecular weight excluding hydrogens is 550 g/mol. The van der Waals surface area contributed by atoms with Gasteiger partial charge in [0.15, 0.2) is 4.80 Å². The van der Waals surface area contributed by atoms with E-state index in [1.807, 2.05) is 0 Å². The van der Waals surface area contributed by atoms with Crippen molar-refractivity contribution in [3.63, 3.8) is 0 Å². The minimum Gasteiger partial charge on any atom is -0.468 e. The number of fused-ring (bicyclic) bond motifs is 1. The maximum Gasteiger partial charge on any atom is 0.337 e. The van der Waals surface area contributed by atoms with E-state index < -0.39 is 27.9 Å². The van der Waals surface area contributed by atoms with Gasteiger partial charge in [-0.1, -0.05) is 11.3 Å². The summed E-state index contributed by atoms with van der Waals surface area (Å²) in [6.45, 7) is 0.487. The van der Waals surface area contributed by atoms with Crippen LogP contribution in [0.5, 0.6) is 0 Å². The fourth-order valence-electron chi connectivity index (χ4n) is 3.56. The van der Waals surface area contributed by atoms with Gasteiger partial charge in [0.25, 0.3) is 5.91 Å². The van der Waals surface area contributed by atoms with Gasteiger partial charge in [0, 0.05) is 32.9 Å². The highest BCUT2D eigenvalue weighted by Gasteiger charge is 2.24. The van der Waals surface area contributed by atoms with Crippen molar-refractivity contribution in [2.75, 3.05) is 54.7 Å². The minimum atomic E-state index is -3.86. The minimum absolute atomic E-state index is 0.00390. The van der Waals surface area contributed by atoms with Crippen LogP contribution in [0.25, 0.3) is 10.2 Å². The molecule has 0 spiro atoms. The fraction of sp³-hybridized carbons (Fsp3) is 0.360. The van der Waals surface area contributed by atoms with Gasteiger partial charge >= 0.3 is 11.9 Å². The van der Waals surface area contributed by atoms with Crippen LogP contribution in [0.2, 0.25) is 0 Å². The van der Waals surface area contributed by atoms with E-state index >= 15 is 0 Å². The quantitative estimate of drug-likeness (QED) is 0.293. The Kier molecular flexibility index (Phi) is 10.5. The van der Waals surface area contributed by atoms with E-state index in [4.69, 9.17) is 18.9 Å². The molecule has 0 unspecified atom stereocenters. The zero-order valence-corrected chi connectivity index (χ0v) is 23.5. The van der Waals surface area contributed by atoms with Gasteiger partial charge in [-0.3, -0.25) is 9.59 Å². The Hall–Kier alpha value is -3.43. The predicted octanol–water partition coefficient (Wildman–Crippen LogP) is 1.69. The Labute approximate surface area is 229 Å². The van der Waals surface area contributed by atoms with Crippen molar-refractivity contribution in [1.29, 1.82) is 0 Å². The van der Waals surface area contributed by atoms with Gasteiger partial charge in [-0.25, -0.2) is 13.2 Å². The van der Waals surface area contributed by atoms with Crippen LogP contribution in [-0.4, -0.2) is 89.9 Å². The smallest absolute Gasteiger partial charge is 0.337 e. The second-order valence-corrected chi connectivity index (χ2v) is 11.0. The van der Waals surface area contributed by atoms with E-state index in [0.29, 0.717) is 15.8 Å². The third-order valence-electron chi connectivity index (χ3n) is 5.64. The number of amides is 1. The average Bonchev–Trinajstić information content (AvgIpc) is 3.27. The number of hydrogen-bond donors (Lipinski definition) is 0. The van der Waals surface area contributed by atoms with Gasteiger partial charge in [0.05, 0.1) is 48.1 Å². The summed E-state index contributed by atoms with van der Waals surface area (Å²) in [5, 5.41) is 0. The summed E-state index contributed by atoms with van der Waals surface area (Å²) >= 11 is 1.10. The van der Waals surface area contributed by atoms with E-state index in [1.54, 1.807) is 18.2 Å². The number of carbonyl (C=O) groups excluding carboxylic acids is 3. The highest BCUT2D eigenvalue weighted by Crippen LogP contribution is 2.21. The molecule has 0 atom stereocenters. The molecule has 3 aromatic rings. The summed E-state index contributed by atoms with van der Waals surface area (Å²) in [6.07, 6.45) is 0. The number of aromatic nitrogens is 1. The Morgan fingerprint density at radius 3 is 2.08 bits per heavy atom. The first-order chi connectivity index (χ1) is 18.7. The van der Waals surface area contributed by atoms with Gasteiger partial charge in [-0.05, 0) is 42.5 Å². The topological polar surface area (TPSA) is 143 Å². The number of thiazole rings is 1. The number of ether oxygens (including phenoxy) is 4. The van der Waals surface area contributed by atoms with Gasteiger partial charge in [0.2, 0.25) is 10.0 Å². The van der Waals surface area contributed by atoms with Crippen molar-refractivity contribution in [2.45, 2.75) is 11.4 Å². The molecule has 0 saturated carbocycles. The van der Waals surface area contributed by atoms with Crippen LogP contribution in [0.4, 0.5) is 0 Å². The van der Waals surface area contributed by atoms with Crippen molar-refractivity contribution >= 4 is 49.4 Å². The lowest BCUT2D eigenvalue weighted by molar-refractivity contribution is -0.141. The molecule has 0 radical (unpaired) electrons. The third kappa shape index (κ3) is 7.16. The van der Waals surface area contributed by atoms with Crippen molar-refractivity contribution in [2.24, 2.45) is 4.99 Å². The standard InChI is InChI=1S/C25H29N3O9S2/c1-34-13-11-27(12-14-35-2)39(32,33)19-8-5-17(6-9-19)23(30)26-25-28(16-22(29)36-3)20-10-7-18(24(31)37-4)15-21(20)38-25/h5-10,15H,11-14,16H2,1-4H3. The second-order valence-electron chi connectivity index (χ2n) is 8.05. The van der Waals surface area contributed by atoms with E-state index in [1.165, 1.54) is 61.6 Å². The fourth-order valence-corrected chi connectivity index (χ4v) is 6.03. The summed E-state index contributed by atoms with van der Waals surface area (Å²) in [6, 6.07) is 10.2. The summed E-state index contributed by atoms with van der Waals surface area (Å²) in [5.41, 5.74) is 1.01. The van der Waals surface area contributed by atoms with Crippen molar-refractivity contribution < 1.29 is 41.7 Å². The lowest BCUT2D eigenvalue weighted by atomic mass is 10.2. The number of sulfonamides is 1. The lowest BCUT2D eigenvalue weighted by Crippen LogP contribution is -2.36. The molecule has 210 valence electrons. The van der Waals surface area contributed by atoms with Crippen molar-refractivity contribution in [3.8, 4) is 0 Å². The molecule has 0 saturated heterocycles. The van der Waals surface area contributed by atoms with Crippen LogP contribution in [0.15, 0.2) is 52.4 Å². The number of methoxy groups -OCH3 is 4. The molecule has 0 aliphatic heterocycles. The largest absolute Gasteiger partial charge is 0.468 e. The molecular formula is C25H29N3O9S2. The molecule has 0 aliphatic carbocycles. The molecule has 14 heteroatoms. The first-order valence-corrected chi connectivity index (χ1v) is 13.9. The van der Waals surface area contributed by atoms with E-state index in [9.17, 15) is 22.8 Å². The zero-order valence-electron chi connectivity index (χ0n) is 21.9. The van der Waals surface area contributed by atoms with Crippen LogP contribution in [0.3, 0.4) is 0 Å². The predicted molar refractivity (Wildman–Crippen MR) is 142 cm³/mol. The Balaban J connectivity index is 1.97. The monoisotopic (exact) mass is 579 g/mol. The molecule has 0 bridgehead atoms. The normalized spacial score (nSPS) is 12.2. The number of hydrogen-bond acceptors (Lipinski definition) is 10. The van der Waals surface area contributed by atoms with Gasteiger partial charge in [-0.2, -0.15) is 9.30 Å². The Morgan fingerprint density at radius 1 is 0.897 bits per heavy atom. The highest BCUT2D eigenvalue weighted by atomic mass is 32.2. The summed E-state index contributed by atoms with van der Waals surface area (Å²) in [7, 11) is 1.62. The van der Waals surface area contributed by atoms with Crippen LogP contribution in [0.1, 0.15) is 20.7 Å². The molecule has 1 aromatic heterocycles. The van der Waals surface area contributed by atoms with Gasteiger partial charge in [0.1, 0.15) is 6.54 Å². The summed E-state index contributed by atoms with van der Waals surface area (Å²) < 4.78 is 49.2. The van der Waals surface area contributed by atoms with Crippen LogP contribution >= 0.6 is 11.3 Å². The summed E-state index contributed by atoms with van der Waals surface area (Å²) in [4.78, 5) is 41.4. The molecule has 0 aliphatic rings. The van der Waals surface area contributed by atoms with E-state index in [0.717, 1.165) is 11.3 Å². The number of nitrogens with zero attached hydrogens (tertiary/aromatic N) is 3. The summed E-state index contributed by atoms with van der Waals surface area (Å²) in [5.74, 6) is -1.73. The Bertz CT molecular complexity index is 1500. The molecule has 2 aromatic carbocycles. The second kappa shape index (κ2) is 13.6. The molecule has 39 heavy (non-hydrogen) atoms. The average molecular weight is 580 g/mol. The highest BCUT2D eigenvalue weighted by molar-refractivity contribution is 7.89. The zero-order chi connectivity index (χ0) is 28.6. The first-order valence-electron chi connectivity index (χ1n) is 11.6. The van der Waals surface area contributed by atoms with E-state index in [-0.39, 0.29) is 48.1 Å². The Morgan fingerprint density at radius 2 is 1.51 bits per heavy atom. The molecule has 1 heterocycles. The van der Waals surface area contributed by atoms with Crippen LogP contribution < -0.4 is 4.80 Å². The molecule has 3 rings (SSSR count). The number of rotatable bonds is 12. The maximum absolute atomic E-state index is 13.1. The van der Waals surface area contributed by atoms with Crippen LogP contribution in [0, 0.1) is 0 Å². The lowest BCUT2D eigenvalue weighted by Gasteiger charge is -2.21. The number of carbonyl (C=O) groups is 3. The maximum atomic E-state index is 13.1. The SMILES string of the molecule is COCCN(CCOC)S(=O)(=O)c1ccc(C(=O)N=c2sc3cc(C(=O)OC)ccc3n2CC(=O)OC)cc1. The van der Waals surface area contributed by atoms with E-state index in [2.05, 4.69) is 4.99 Å². The number of benzene rings is 2. The van der Waals surface area contributed by atoms with Gasteiger partial charge < -0.3 is 23.5 Å².